The number of hydrogen-bond acceptors (Lipinski definition) is 2. The summed E-state index contributed by atoms with van der Waals surface area (Å²) in [4.78, 5) is 7.11. The maximum atomic E-state index is 5.93. The van der Waals surface area contributed by atoms with Crippen molar-refractivity contribution in [2.24, 2.45) is 11.8 Å². The highest BCUT2D eigenvalue weighted by Gasteiger charge is 2.36. The van der Waals surface area contributed by atoms with Crippen LogP contribution < -0.4 is 4.90 Å². The first-order chi connectivity index (χ1) is 8.26. The topological polar surface area (TPSA) is 16.1 Å². The molecule has 3 heteroatoms. The molecule has 2 nitrogen and oxygen atoms in total. The fourth-order valence-electron chi connectivity index (χ4n) is 3.38. The number of rotatable bonds is 2. The fraction of sp³-hybridized carbons (Fsp3) is 0.643. The molecule has 1 aromatic rings. The zero-order valence-electron chi connectivity index (χ0n) is 10.3. The van der Waals surface area contributed by atoms with E-state index < -0.39 is 0 Å². The van der Waals surface area contributed by atoms with Gasteiger partial charge >= 0.3 is 0 Å². The first kappa shape index (κ1) is 11.3. The molecule has 0 spiro atoms. The highest BCUT2D eigenvalue weighted by Crippen LogP contribution is 2.39. The van der Waals surface area contributed by atoms with Gasteiger partial charge in [-0.05, 0) is 49.3 Å². The van der Waals surface area contributed by atoms with E-state index in [4.69, 9.17) is 11.6 Å². The van der Waals surface area contributed by atoms with Gasteiger partial charge in [-0.25, -0.2) is 4.98 Å². The summed E-state index contributed by atoms with van der Waals surface area (Å²) in [6, 6.07) is 4.23. The molecule has 0 N–H and O–H groups in total. The largest absolute Gasteiger partial charge is 0.356 e. The van der Waals surface area contributed by atoms with E-state index in [2.05, 4.69) is 28.9 Å². The van der Waals surface area contributed by atoms with Gasteiger partial charge < -0.3 is 4.90 Å². The van der Waals surface area contributed by atoms with Crippen molar-refractivity contribution in [1.29, 1.82) is 0 Å². The molecule has 0 amide bonds. The number of pyridine rings is 1. The number of anilines is 1. The number of aromatic nitrogens is 1. The Bertz CT molecular complexity index is 407. The molecule has 17 heavy (non-hydrogen) atoms. The molecular formula is C14H19ClN2. The quantitative estimate of drug-likeness (QED) is 0.749. The summed E-state index contributed by atoms with van der Waals surface area (Å²) >= 11 is 5.93. The molecule has 2 heterocycles. The van der Waals surface area contributed by atoms with Crippen LogP contribution in [0.15, 0.2) is 12.1 Å². The zero-order valence-corrected chi connectivity index (χ0v) is 11.1. The van der Waals surface area contributed by atoms with Crippen LogP contribution >= 0.6 is 11.6 Å². The molecular weight excluding hydrogens is 232 g/mol. The molecule has 2 atom stereocenters. The second-order valence-electron chi connectivity index (χ2n) is 5.46. The minimum Gasteiger partial charge on any atom is -0.356 e. The van der Waals surface area contributed by atoms with Crippen molar-refractivity contribution in [3.05, 3.63) is 23.4 Å². The van der Waals surface area contributed by atoms with E-state index in [1.165, 1.54) is 37.9 Å². The highest BCUT2D eigenvalue weighted by molar-refractivity contribution is 6.17. The summed E-state index contributed by atoms with van der Waals surface area (Å²) in [7, 11) is 0. The maximum absolute atomic E-state index is 5.93. The minimum atomic E-state index is 0.580. The molecule has 3 rings (SSSR count). The molecule has 1 aromatic heterocycles. The Morgan fingerprint density at radius 3 is 2.65 bits per heavy atom. The summed E-state index contributed by atoms with van der Waals surface area (Å²) in [5.41, 5.74) is 2.27. The molecule has 2 aliphatic rings. The lowest BCUT2D eigenvalue weighted by Crippen LogP contribution is -2.22. The molecule has 2 unspecified atom stereocenters. The standard InChI is InChI=1S/C14H19ClN2/c1-10-5-11(7-15)6-14(16-10)17-8-12-3-2-4-13(12)9-17/h5-6,12-13H,2-4,7-9H2,1H3. The van der Waals surface area contributed by atoms with Crippen LogP contribution in [0.4, 0.5) is 5.82 Å². The van der Waals surface area contributed by atoms with E-state index in [-0.39, 0.29) is 0 Å². The third-order valence-corrected chi connectivity index (χ3v) is 4.51. The van der Waals surface area contributed by atoms with E-state index >= 15 is 0 Å². The number of alkyl halides is 1. The molecule has 1 saturated heterocycles. The van der Waals surface area contributed by atoms with Crippen LogP contribution in [-0.2, 0) is 5.88 Å². The van der Waals surface area contributed by atoms with Crippen molar-refractivity contribution in [3.63, 3.8) is 0 Å². The van der Waals surface area contributed by atoms with E-state index in [0.717, 1.165) is 23.3 Å². The molecule has 0 aromatic carbocycles. The number of halogens is 1. The van der Waals surface area contributed by atoms with Gasteiger partial charge in [0.15, 0.2) is 0 Å². The molecule has 2 fully saturated rings. The first-order valence-corrected chi connectivity index (χ1v) is 7.08. The number of nitrogens with zero attached hydrogens (tertiary/aromatic N) is 2. The van der Waals surface area contributed by atoms with Crippen LogP contribution in [-0.4, -0.2) is 18.1 Å². The smallest absolute Gasteiger partial charge is 0.129 e. The van der Waals surface area contributed by atoms with E-state index in [0.29, 0.717) is 5.88 Å². The number of fused-ring (bicyclic) bond motifs is 1. The predicted molar refractivity (Wildman–Crippen MR) is 71.6 cm³/mol. The van der Waals surface area contributed by atoms with Gasteiger partial charge in [0.1, 0.15) is 5.82 Å². The first-order valence-electron chi connectivity index (χ1n) is 6.55. The van der Waals surface area contributed by atoms with Gasteiger partial charge in [-0.15, -0.1) is 11.6 Å². The summed E-state index contributed by atoms with van der Waals surface area (Å²) in [5.74, 6) is 3.54. The zero-order chi connectivity index (χ0) is 11.8. The van der Waals surface area contributed by atoms with E-state index in [1.54, 1.807) is 0 Å². The van der Waals surface area contributed by atoms with Gasteiger partial charge in [-0.1, -0.05) is 6.42 Å². The Morgan fingerprint density at radius 1 is 1.29 bits per heavy atom. The van der Waals surface area contributed by atoms with Crippen molar-refractivity contribution in [2.45, 2.75) is 32.1 Å². The fourth-order valence-corrected chi connectivity index (χ4v) is 3.54. The van der Waals surface area contributed by atoms with Gasteiger partial charge in [0.05, 0.1) is 0 Å². The summed E-state index contributed by atoms with van der Waals surface area (Å²) in [6.45, 7) is 4.45. The van der Waals surface area contributed by atoms with Gasteiger partial charge in [-0.3, -0.25) is 0 Å². The summed E-state index contributed by atoms with van der Waals surface area (Å²) < 4.78 is 0. The van der Waals surface area contributed by atoms with Crippen LogP contribution in [0.2, 0.25) is 0 Å². The number of hydrogen-bond donors (Lipinski definition) is 0. The molecule has 92 valence electrons. The van der Waals surface area contributed by atoms with Gasteiger partial charge in [-0.2, -0.15) is 0 Å². The lowest BCUT2D eigenvalue weighted by Gasteiger charge is -2.19. The van der Waals surface area contributed by atoms with E-state index in [9.17, 15) is 0 Å². The van der Waals surface area contributed by atoms with Crippen LogP contribution in [0.3, 0.4) is 0 Å². The second-order valence-corrected chi connectivity index (χ2v) is 5.73. The lowest BCUT2D eigenvalue weighted by molar-refractivity contribution is 0.494. The van der Waals surface area contributed by atoms with Gasteiger partial charge in [0.25, 0.3) is 0 Å². The predicted octanol–water partition coefficient (Wildman–Crippen LogP) is 3.37. The van der Waals surface area contributed by atoms with Crippen molar-refractivity contribution >= 4 is 17.4 Å². The summed E-state index contributed by atoms with van der Waals surface area (Å²) in [6.07, 6.45) is 4.25. The van der Waals surface area contributed by atoms with Crippen LogP contribution in [0.1, 0.15) is 30.5 Å². The Labute approximate surface area is 108 Å². The Kier molecular flexibility index (Phi) is 2.99. The van der Waals surface area contributed by atoms with Crippen molar-refractivity contribution < 1.29 is 0 Å². The lowest BCUT2D eigenvalue weighted by atomic mass is 10.0. The monoisotopic (exact) mass is 250 g/mol. The molecule has 1 aliphatic carbocycles. The Morgan fingerprint density at radius 2 is 2.00 bits per heavy atom. The molecule has 1 saturated carbocycles. The molecule has 1 aliphatic heterocycles. The van der Waals surface area contributed by atoms with Gasteiger partial charge in [0, 0.05) is 24.7 Å². The van der Waals surface area contributed by atoms with Crippen LogP contribution in [0.5, 0.6) is 0 Å². The van der Waals surface area contributed by atoms with Crippen LogP contribution in [0, 0.1) is 18.8 Å². The third-order valence-electron chi connectivity index (χ3n) is 4.20. The van der Waals surface area contributed by atoms with Crippen molar-refractivity contribution in [3.8, 4) is 0 Å². The SMILES string of the molecule is Cc1cc(CCl)cc(N2CC3CCCC3C2)n1. The maximum Gasteiger partial charge on any atom is 0.129 e. The average molecular weight is 251 g/mol. The molecule has 0 radical (unpaired) electrons. The van der Waals surface area contributed by atoms with Crippen LogP contribution in [0.25, 0.3) is 0 Å². The Balaban J connectivity index is 1.82. The number of aryl methyl sites for hydroxylation is 1. The average Bonchev–Trinajstić information content (AvgIpc) is 2.88. The molecule has 0 bridgehead atoms. The van der Waals surface area contributed by atoms with Crippen molar-refractivity contribution in [1.82, 2.24) is 4.98 Å². The summed E-state index contributed by atoms with van der Waals surface area (Å²) in [5, 5.41) is 0. The van der Waals surface area contributed by atoms with E-state index in [1.807, 2.05) is 0 Å². The normalized spacial score (nSPS) is 27.5. The highest BCUT2D eigenvalue weighted by atomic mass is 35.5. The second kappa shape index (κ2) is 4.49. The van der Waals surface area contributed by atoms with Crippen molar-refractivity contribution in [2.75, 3.05) is 18.0 Å². The minimum absolute atomic E-state index is 0.580. The third kappa shape index (κ3) is 2.15. The Hall–Kier alpha value is -0.760. The van der Waals surface area contributed by atoms with Gasteiger partial charge in [0.2, 0.25) is 0 Å².